The molecule has 1 aromatic heterocycles. The van der Waals surface area contributed by atoms with E-state index in [0.717, 1.165) is 0 Å². The number of hydrogen-bond donors (Lipinski definition) is 0. The van der Waals surface area contributed by atoms with E-state index in [1.807, 2.05) is 0 Å². The topological polar surface area (TPSA) is 87.9 Å². The molecule has 0 aliphatic carbocycles. The zero-order valence-corrected chi connectivity index (χ0v) is 10.5. The van der Waals surface area contributed by atoms with Gasteiger partial charge in [-0.3, -0.25) is 0 Å². The largest absolute Gasteiger partial charge is 0.464 e. The standard InChI is InChI=1S/C11H15NO6/c1-15-6-4-5-7-12-8(10(13)16-2)9(18-7)11(14)17-3/h4-6H2,1-3H3. The van der Waals surface area contributed by atoms with E-state index in [0.29, 0.717) is 19.4 Å². The van der Waals surface area contributed by atoms with Gasteiger partial charge in [0.05, 0.1) is 14.2 Å². The van der Waals surface area contributed by atoms with Gasteiger partial charge in [-0.25, -0.2) is 14.6 Å². The molecule has 0 spiro atoms. The van der Waals surface area contributed by atoms with E-state index in [1.165, 1.54) is 14.2 Å². The average Bonchev–Trinajstić information content (AvgIpc) is 2.81. The Balaban J connectivity index is 2.92. The van der Waals surface area contributed by atoms with Crippen LogP contribution in [-0.4, -0.2) is 44.9 Å². The highest BCUT2D eigenvalue weighted by molar-refractivity contribution is 5.99. The van der Waals surface area contributed by atoms with E-state index in [4.69, 9.17) is 9.15 Å². The first-order valence-corrected chi connectivity index (χ1v) is 5.29. The lowest BCUT2D eigenvalue weighted by Crippen LogP contribution is -2.10. The van der Waals surface area contributed by atoms with Crippen LogP contribution in [-0.2, 0) is 20.6 Å². The van der Waals surface area contributed by atoms with Gasteiger partial charge in [-0.2, -0.15) is 0 Å². The van der Waals surface area contributed by atoms with Crippen molar-refractivity contribution in [1.29, 1.82) is 0 Å². The number of rotatable bonds is 6. The Kier molecular flexibility index (Phi) is 5.31. The summed E-state index contributed by atoms with van der Waals surface area (Å²) in [6, 6.07) is 0. The Labute approximate surface area is 104 Å². The Morgan fingerprint density at radius 2 is 1.83 bits per heavy atom. The van der Waals surface area contributed by atoms with Gasteiger partial charge in [-0.1, -0.05) is 0 Å². The summed E-state index contributed by atoms with van der Waals surface area (Å²) in [5.74, 6) is -1.47. The van der Waals surface area contributed by atoms with Crippen molar-refractivity contribution in [3.63, 3.8) is 0 Å². The van der Waals surface area contributed by atoms with Crippen LogP contribution in [0.4, 0.5) is 0 Å². The van der Waals surface area contributed by atoms with Crippen molar-refractivity contribution in [2.75, 3.05) is 27.9 Å². The van der Waals surface area contributed by atoms with Gasteiger partial charge >= 0.3 is 11.9 Å². The van der Waals surface area contributed by atoms with Crippen molar-refractivity contribution in [1.82, 2.24) is 4.98 Å². The van der Waals surface area contributed by atoms with Gasteiger partial charge in [0.1, 0.15) is 0 Å². The Hall–Kier alpha value is -1.89. The number of carbonyl (C=O) groups excluding carboxylic acids is 2. The van der Waals surface area contributed by atoms with E-state index >= 15 is 0 Å². The molecule has 0 saturated heterocycles. The molecule has 0 fully saturated rings. The fourth-order valence-electron chi connectivity index (χ4n) is 1.31. The third kappa shape index (κ3) is 3.30. The first-order valence-electron chi connectivity index (χ1n) is 5.29. The van der Waals surface area contributed by atoms with E-state index in [-0.39, 0.29) is 17.3 Å². The van der Waals surface area contributed by atoms with E-state index < -0.39 is 11.9 Å². The third-order valence-electron chi connectivity index (χ3n) is 2.16. The minimum Gasteiger partial charge on any atom is -0.464 e. The summed E-state index contributed by atoms with van der Waals surface area (Å²) in [5, 5.41) is 0. The van der Waals surface area contributed by atoms with Crippen molar-refractivity contribution in [3.05, 3.63) is 17.3 Å². The molecule has 0 aromatic carbocycles. The highest BCUT2D eigenvalue weighted by Gasteiger charge is 2.26. The van der Waals surface area contributed by atoms with Gasteiger partial charge in [0.25, 0.3) is 0 Å². The first-order chi connectivity index (χ1) is 8.63. The summed E-state index contributed by atoms with van der Waals surface area (Å²) in [5.41, 5.74) is -0.170. The van der Waals surface area contributed by atoms with Gasteiger partial charge in [0.2, 0.25) is 11.5 Å². The monoisotopic (exact) mass is 257 g/mol. The van der Waals surface area contributed by atoms with Gasteiger partial charge in [-0.15, -0.1) is 0 Å². The average molecular weight is 257 g/mol. The van der Waals surface area contributed by atoms with Crippen LogP contribution in [0.25, 0.3) is 0 Å². The molecule has 0 N–H and O–H groups in total. The molecule has 100 valence electrons. The zero-order valence-electron chi connectivity index (χ0n) is 10.5. The van der Waals surface area contributed by atoms with E-state index in [1.54, 1.807) is 7.11 Å². The van der Waals surface area contributed by atoms with Crippen LogP contribution < -0.4 is 0 Å². The quantitative estimate of drug-likeness (QED) is 0.550. The second kappa shape index (κ2) is 6.75. The van der Waals surface area contributed by atoms with Gasteiger partial charge in [0.15, 0.2) is 5.89 Å². The van der Waals surface area contributed by atoms with E-state index in [2.05, 4.69) is 14.5 Å². The maximum absolute atomic E-state index is 11.4. The summed E-state index contributed by atoms with van der Waals surface area (Å²) >= 11 is 0. The maximum Gasteiger partial charge on any atom is 0.376 e. The summed E-state index contributed by atoms with van der Waals surface area (Å²) in [7, 11) is 3.97. The number of esters is 2. The molecule has 0 unspecified atom stereocenters. The third-order valence-corrected chi connectivity index (χ3v) is 2.16. The molecule has 0 bridgehead atoms. The number of ether oxygens (including phenoxy) is 3. The second-order valence-corrected chi connectivity index (χ2v) is 3.36. The molecule has 0 aliphatic rings. The van der Waals surface area contributed by atoms with Crippen molar-refractivity contribution in [2.24, 2.45) is 0 Å². The molecule has 7 nitrogen and oxygen atoms in total. The summed E-state index contributed by atoms with van der Waals surface area (Å²) in [6.45, 7) is 0.531. The minimum atomic E-state index is -0.763. The smallest absolute Gasteiger partial charge is 0.376 e. The molecule has 0 aliphatic heterocycles. The fourth-order valence-corrected chi connectivity index (χ4v) is 1.31. The normalized spacial score (nSPS) is 10.2. The zero-order chi connectivity index (χ0) is 13.5. The number of aromatic nitrogens is 1. The minimum absolute atomic E-state index is 0.170. The molecule has 1 rings (SSSR count). The van der Waals surface area contributed by atoms with Gasteiger partial charge in [0, 0.05) is 20.1 Å². The molecular weight excluding hydrogens is 242 g/mol. The first kappa shape index (κ1) is 14.2. The summed E-state index contributed by atoms with van der Waals surface area (Å²) < 4.78 is 19.1. The summed E-state index contributed by atoms with van der Waals surface area (Å²) in [4.78, 5) is 26.8. The number of hydrogen-bond acceptors (Lipinski definition) is 7. The molecule has 0 atom stereocenters. The molecule has 1 heterocycles. The number of methoxy groups -OCH3 is 3. The summed E-state index contributed by atoms with van der Waals surface area (Å²) in [6.07, 6.45) is 1.12. The van der Waals surface area contributed by atoms with Crippen LogP contribution in [0.15, 0.2) is 4.42 Å². The number of aryl methyl sites for hydroxylation is 1. The number of oxazole rings is 1. The van der Waals surface area contributed by atoms with Crippen LogP contribution in [0.2, 0.25) is 0 Å². The van der Waals surface area contributed by atoms with Crippen molar-refractivity contribution >= 4 is 11.9 Å². The Morgan fingerprint density at radius 1 is 1.17 bits per heavy atom. The van der Waals surface area contributed by atoms with Crippen LogP contribution >= 0.6 is 0 Å². The molecule has 0 radical (unpaired) electrons. The molecular formula is C11H15NO6. The van der Waals surface area contributed by atoms with Gasteiger partial charge in [-0.05, 0) is 6.42 Å². The van der Waals surface area contributed by atoms with Crippen LogP contribution in [0.1, 0.15) is 33.4 Å². The van der Waals surface area contributed by atoms with Crippen molar-refractivity contribution in [2.45, 2.75) is 12.8 Å². The molecule has 7 heteroatoms. The second-order valence-electron chi connectivity index (χ2n) is 3.36. The number of carbonyl (C=O) groups is 2. The highest BCUT2D eigenvalue weighted by atomic mass is 16.5. The molecule has 0 saturated carbocycles. The highest BCUT2D eigenvalue weighted by Crippen LogP contribution is 2.15. The van der Waals surface area contributed by atoms with Crippen LogP contribution in [0.5, 0.6) is 0 Å². The molecule has 1 aromatic rings. The van der Waals surface area contributed by atoms with Crippen LogP contribution in [0.3, 0.4) is 0 Å². The lowest BCUT2D eigenvalue weighted by atomic mass is 10.3. The lowest BCUT2D eigenvalue weighted by Gasteiger charge is -1.96. The van der Waals surface area contributed by atoms with Crippen molar-refractivity contribution in [3.8, 4) is 0 Å². The SMILES string of the molecule is COCCCc1nc(C(=O)OC)c(C(=O)OC)o1. The predicted octanol–water partition coefficient (Wildman–Crippen LogP) is 0.827. The Bertz CT molecular complexity index is 392. The lowest BCUT2D eigenvalue weighted by molar-refractivity contribution is 0.0525. The van der Waals surface area contributed by atoms with Gasteiger partial charge < -0.3 is 18.6 Å². The van der Waals surface area contributed by atoms with Crippen molar-refractivity contribution < 1.29 is 28.2 Å². The maximum atomic E-state index is 11.4. The van der Waals surface area contributed by atoms with Crippen LogP contribution in [0, 0.1) is 0 Å². The molecule has 0 amide bonds. The Morgan fingerprint density at radius 3 is 2.39 bits per heavy atom. The number of nitrogens with zero attached hydrogens (tertiary/aromatic N) is 1. The predicted molar refractivity (Wildman–Crippen MR) is 59.4 cm³/mol. The molecule has 18 heavy (non-hydrogen) atoms. The fraction of sp³-hybridized carbons (Fsp3) is 0.545. The van der Waals surface area contributed by atoms with E-state index in [9.17, 15) is 9.59 Å².